The van der Waals surface area contributed by atoms with Crippen LogP contribution in [0.4, 0.5) is 0 Å². The van der Waals surface area contributed by atoms with E-state index in [1.807, 2.05) is 0 Å². The fourth-order valence-electron chi connectivity index (χ4n) is 2.13. The highest BCUT2D eigenvalue weighted by Gasteiger charge is 2.14. The Kier molecular flexibility index (Phi) is 12.2. The number of rotatable bonds is 15. The predicted molar refractivity (Wildman–Crippen MR) is 90.0 cm³/mol. The number of sulfonamides is 1. The maximum atomic E-state index is 11.5. The van der Waals surface area contributed by atoms with Crippen molar-refractivity contribution < 1.29 is 21.4 Å². The van der Waals surface area contributed by atoms with Gasteiger partial charge >= 0.3 is 0 Å². The van der Waals surface area contributed by atoms with Crippen LogP contribution in [0, 0.1) is 0 Å². The second-order valence-corrected chi connectivity index (χ2v) is 9.18. The molecule has 0 fully saturated rings. The van der Waals surface area contributed by atoms with Crippen molar-refractivity contribution in [2.75, 3.05) is 18.1 Å². The van der Waals surface area contributed by atoms with E-state index in [4.69, 9.17) is 4.55 Å². The fourth-order valence-corrected chi connectivity index (χ4v) is 4.45. The van der Waals surface area contributed by atoms with E-state index in [0.29, 0.717) is 6.54 Å². The molecule has 0 aliphatic rings. The maximum Gasteiger partial charge on any atom is 0.265 e. The van der Waals surface area contributed by atoms with Crippen LogP contribution in [-0.2, 0) is 20.1 Å². The number of hydrogen-bond acceptors (Lipinski definition) is 4. The van der Waals surface area contributed by atoms with E-state index in [-0.39, 0.29) is 0 Å². The van der Waals surface area contributed by atoms with E-state index in [1.165, 1.54) is 44.9 Å². The molecule has 0 atom stereocenters. The summed E-state index contributed by atoms with van der Waals surface area (Å²) < 4.78 is 54.8. The molecule has 0 aromatic rings. The second kappa shape index (κ2) is 12.3. The Morgan fingerprint density at radius 3 is 1.64 bits per heavy atom. The molecule has 0 unspecified atom stereocenters. The Bertz CT molecular complexity index is 460. The first-order chi connectivity index (χ1) is 10.3. The van der Waals surface area contributed by atoms with Gasteiger partial charge in [0.25, 0.3) is 10.1 Å². The zero-order valence-corrected chi connectivity index (χ0v) is 15.2. The van der Waals surface area contributed by atoms with Gasteiger partial charge in [0, 0.05) is 6.54 Å². The van der Waals surface area contributed by atoms with Gasteiger partial charge in [-0.05, 0) is 6.42 Å². The summed E-state index contributed by atoms with van der Waals surface area (Å²) in [6, 6.07) is 0. The van der Waals surface area contributed by atoms with E-state index >= 15 is 0 Å². The Morgan fingerprint density at radius 1 is 0.727 bits per heavy atom. The van der Waals surface area contributed by atoms with Crippen LogP contribution in [0.2, 0.25) is 0 Å². The van der Waals surface area contributed by atoms with E-state index in [2.05, 4.69) is 11.6 Å². The second-order valence-electron chi connectivity index (χ2n) is 5.68. The molecule has 0 amide bonds. The summed E-state index contributed by atoms with van der Waals surface area (Å²) in [7, 11) is -7.84. The average molecular weight is 358 g/mol. The number of unbranched alkanes of at least 4 members (excludes halogenated alkanes) is 9. The quantitative estimate of drug-likeness (QED) is 0.347. The standard InChI is InChI=1S/C14H31NO5S2/c1-2-3-4-5-6-7-8-9-10-11-12-15-21(16,17)13-14-22(18,19)20/h15H,2-14H2,1H3,(H,18,19,20). The smallest absolute Gasteiger partial charge is 0.265 e. The highest BCUT2D eigenvalue weighted by molar-refractivity contribution is 7.91. The molecule has 8 heteroatoms. The largest absolute Gasteiger partial charge is 0.286 e. The van der Waals surface area contributed by atoms with E-state index in [0.717, 1.165) is 19.3 Å². The molecule has 0 heterocycles. The first-order valence-electron chi connectivity index (χ1n) is 8.19. The molecule has 2 N–H and O–H groups in total. The molecular formula is C14H31NO5S2. The molecule has 0 aliphatic heterocycles. The molecule has 0 aliphatic carbocycles. The topological polar surface area (TPSA) is 101 Å². The Hall–Kier alpha value is -0.180. The molecule has 22 heavy (non-hydrogen) atoms. The molecule has 0 saturated carbocycles. The van der Waals surface area contributed by atoms with Crippen molar-refractivity contribution in [2.24, 2.45) is 0 Å². The van der Waals surface area contributed by atoms with Crippen LogP contribution in [-0.4, -0.2) is 39.4 Å². The van der Waals surface area contributed by atoms with Gasteiger partial charge in [-0.1, -0.05) is 64.7 Å². The van der Waals surface area contributed by atoms with Crippen LogP contribution < -0.4 is 4.72 Å². The first-order valence-corrected chi connectivity index (χ1v) is 11.5. The van der Waals surface area contributed by atoms with E-state index in [1.54, 1.807) is 0 Å². The van der Waals surface area contributed by atoms with Gasteiger partial charge in [0.05, 0.1) is 11.5 Å². The van der Waals surface area contributed by atoms with Crippen LogP contribution in [0.3, 0.4) is 0 Å². The van der Waals surface area contributed by atoms with Gasteiger partial charge in [0.2, 0.25) is 10.0 Å². The number of hydrogen-bond donors (Lipinski definition) is 2. The van der Waals surface area contributed by atoms with Crippen molar-refractivity contribution in [3.63, 3.8) is 0 Å². The summed E-state index contributed by atoms with van der Waals surface area (Å²) in [5.74, 6) is -1.36. The summed E-state index contributed by atoms with van der Waals surface area (Å²) in [6.07, 6.45) is 11.7. The molecule has 0 saturated heterocycles. The lowest BCUT2D eigenvalue weighted by molar-refractivity contribution is 0.483. The monoisotopic (exact) mass is 357 g/mol. The molecule has 0 aromatic carbocycles. The summed E-state index contributed by atoms with van der Waals surface area (Å²) in [6.45, 7) is 2.53. The lowest BCUT2D eigenvalue weighted by Gasteiger charge is -2.06. The third-order valence-electron chi connectivity index (χ3n) is 3.46. The molecule has 0 spiro atoms. The van der Waals surface area contributed by atoms with Gasteiger partial charge < -0.3 is 0 Å². The van der Waals surface area contributed by atoms with Crippen LogP contribution >= 0.6 is 0 Å². The van der Waals surface area contributed by atoms with Crippen molar-refractivity contribution >= 4 is 20.1 Å². The zero-order valence-electron chi connectivity index (χ0n) is 13.6. The molecule has 0 aromatic heterocycles. The maximum absolute atomic E-state index is 11.5. The van der Waals surface area contributed by atoms with Crippen LogP contribution in [0.25, 0.3) is 0 Å². The van der Waals surface area contributed by atoms with Gasteiger partial charge in [-0.15, -0.1) is 0 Å². The molecule has 0 bridgehead atoms. The molecule has 134 valence electrons. The van der Waals surface area contributed by atoms with Crippen molar-refractivity contribution in [3.05, 3.63) is 0 Å². The number of nitrogens with one attached hydrogen (secondary N) is 1. The minimum Gasteiger partial charge on any atom is -0.286 e. The molecule has 0 rings (SSSR count). The summed E-state index contributed by atoms with van der Waals surface area (Å²) in [5, 5.41) is 0. The first kappa shape index (κ1) is 21.8. The van der Waals surface area contributed by atoms with Crippen molar-refractivity contribution in [3.8, 4) is 0 Å². The van der Waals surface area contributed by atoms with E-state index in [9.17, 15) is 16.8 Å². The lowest BCUT2D eigenvalue weighted by Crippen LogP contribution is -2.30. The van der Waals surface area contributed by atoms with E-state index < -0.39 is 31.6 Å². The normalized spacial score (nSPS) is 12.6. The van der Waals surface area contributed by atoms with Crippen LogP contribution in [0.15, 0.2) is 0 Å². The highest BCUT2D eigenvalue weighted by atomic mass is 32.2. The Labute approximate surface area is 135 Å². The molecule has 0 radical (unpaired) electrons. The van der Waals surface area contributed by atoms with Crippen LogP contribution in [0.1, 0.15) is 71.1 Å². The minimum absolute atomic E-state index is 0.324. The predicted octanol–water partition coefficient (Wildman–Crippen LogP) is 2.71. The van der Waals surface area contributed by atoms with Gasteiger partial charge in [-0.3, -0.25) is 4.55 Å². The highest BCUT2D eigenvalue weighted by Crippen LogP contribution is 2.10. The lowest BCUT2D eigenvalue weighted by atomic mass is 10.1. The summed E-state index contributed by atoms with van der Waals surface area (Å²) in [5.41, 5.74) is 0. The van der Waals surface area contributed by atoms with Gasteiger partial charge in [-0.2, -0.15) is 8.42 Å². The van der Waals surface area contributed by atoms with Crippen molar-refractivity contribution in [1.82, 2.24) is 4.72 Å². The van der Waals surface area contributed by atoms with Gasteiger partial charge in [0.15, 0.2) is 0 Å². The van der Waals surface area contributed by atoms with Gasteiger partial charge in [0.1, 0.15) is 0 Å². The Balaban J connectivity index is 3.45. The minimum atomic E-state index is -4.23. The van der Waals surface area contributed by atoms with Crippen LogP contribution in [0.5, 0.6) is 0 Å². The molecular weight excluding hydrogens is 326 g/mol. The third-order valence-corrected chi connectivity index (χ3v) is 5.83. The van der Waals surface area contributed by atoms with Crippen molar-refractivity contribution in [1.29, 1.82) is 0 Å². The SMILES string of the molecule is CCCCCCCCCCCCNS(=O)(=O)CCS(=O)(=O)O. The fraction of sp³-hybridized carbons (Fsp3) is 1.00. The van der Waals surface area contributed by atoms with Gasteiger partial charge in [-0.25, -0.2) is 13.1 Å². The third kappa shape index (κ3) is 16.2. The van der Waals surface area contributed by atoms with Crippen molar-refractivity contribution in [2.45, 2.75) is 71.1 Å². The zero-order chi connectivity index (χ0) is 16.9. The average Bonchev–Trinajstić information content (AvgIpc) is 2.42. The summed E-state index contributed by atoms with van der Waals surface area (Å²) in [4.78, 5) is 0. The Morgan fingerprint density at radius 2 is 1.18 bits per heavy atom. The molecule has 6 nitrogen and oxygen atoms in total. The summed E-state index contributed by atoms with van der Waals surface area (Å²) >= 11 is 0.